The number of carbonyl (C=O) groups is 1. The lowest BCUT2D eigenvalue weighted by Gasteiger charge is -2.33. The first kappa shape index (κ1) is 24.4. The number of benzene rings is 3. The van der Waals surface area contributed by atoms with Gasteiger partial charge in [0, 0.05) is 47.3 Å². The van der Waals surface area contributed by atoms with E-state index in [-0.39, 0.29) is 11.9 Å². The highest BCUT2D eigenvalue weighted by Gasteiger charge is 2.27. The quantitative estimate of drug-likeness (QED) is 0.288. The number of nitrogens with zero attached hydrogens (tertiary/aromatic N) is 3. The van der Waals surface area contributed by atoms with Crippen LogP contribution in [0.5, 0.6) is 0 Å². The smallest absolute Gasteiger partial charge is 0.247 e. The normalized spacial score (nSPS) is 17.8. The zero-order valence-corrected chi connectivity index (χ0v) is 20.6. The van der Waals surface area contributed by atoms with Crippen molar-refractivity contribution >= 4 is 39.8 Å². The molecule has 2 atom stereocenters. The fourth-order valence-corrected chi connectivity index (χ4v) is 4.52. The van der Waals surface area contributed by atoms with Gasteiger partial charge in [-0.1, -0.05) is 36.9 Å². The number of hydrogen-bond acceptors (Lipinski definition) is 6. The van der Waals surface area contributed by atoms with E-state index in [0.717, 1.165) is 46.4 Å². The summed E-state index contributed by atoms with van der Waals surface area (Å²) in [6.45, 7) is 4.84. The van der Waals surface area contributed by atoms with Gasteiger partial charge in [0.25, 0.3) is 0 Å². The molecule has 3 N–H and O–H groups in total. The summed E-state index contributed by atoms with van der Waals surface area (Å²) in [6.07, 6.45) is 2.91. The van der Waals surface area contributed by atoms with Gasteiger partial charge in [-0.15, -0.1) is 0 Å². The Bertz CT molecular complexity index is 1420. The van der Waals surface area contributed by atoms with Crippen molar-refractivity contribution in [1.82, 2.24) is 14.9 Å². The van der Waals surface area contributed by atoms with Gasteiger partial charge in [0.1, 0.15) is 6.17 Å². The monoisotopic (exact) mass is 496 g/mol. The fraction of sp³-hybridized carbons (Fsp3) is 0.207. The van der Waals surface area contributed by atoms with E-state index in [1.807, 2.05) is 78.7 Å². The number of aromatic nitrogens is 2. The van der Waals surface area contributed by atoms with Crippen LogP contribution in [0.3, 0.4) is 0 Å². The molecule has 5 rings (SSSR count). The molecular weight excluding hydrogens is 467 g/mol. The number of halogens is 1. The molecule has 188 valence electrons. The number of anilines is 4. The number of hydrogen-bond donors (Lipinski definition) is 3. The van der Waals surface area contributed by atoms with Crippen LogP contribution in [0.15, 0.2) is 85.6 Å². The Labute approximate surface area is 215 Å². The number of carbonyl (C=O) groups excluding carboxylic acids is 1. The number of amides is 1. The maximum absolute atomic E-state index is 14.4. The molecule has 1 aliphatic rings. The maximum Gasteiger partial charge on any atom is 0.247 e. The van der Waals surface area contributed by atoms with Crippen LogP contribution < -0.4 is 16.0 Å². The van der Waals surface area contributed by atoms with Crippen molar-refractivity contribution in [2.45, 2.75) is 18.6 Å². The molecule has 1 saturated heterocycles. The van der Waals surface area contributed by atoms with E-state index in [1.165, 1.54) is 6.08 Å². The molecule has 0 unspecified atom stereocenters. The van der Waals surface area contributed by atoms with Crippen LogP contribution in [0.4, 0.5) is 27.4 Å². The zero-order chi connectivity index (χ0) is 25.8. The third-order valence-electron chi connectivity index (χ3n) is 6.47. The van der Waals surface area contributed by atoms with Gasteiger partial charge < -0.3 is 20.9 Å². The standard InChI is InChI=1S/C29H29FN6O/c1-3-27(37)33-23-8-4-6-19(16-23)24-9-5-7-20-17-31-29(35-28(20)24)34-22-12-10-21(11-13-22)32-26-14-15-36(2)18-25(26)30/h3-13,16-17,25-26,32H,1,14-15,18H2,2H3,(H,33,37)(H,31,34,35)/t25-,26+/m1/s1. The summed E-state index contributed by atoms with van der Waals surface area (Å²) in [7, 11) is 1.95. The van der Waals surface area contributed by atoms with Crippen LogP contribution in [0, 0.1) is 0 Å². The lowest BCUT2D eigenvalue weighted by molar-refractivity contribution is -0.111. The topological polar surface area (TPSA) is 82.2 Å². The van der Waals surface area contributed by atoms with Crippen molar-refractivity contribution < 1.29 is 9.18 Å². The minimum absolute atomic E-state index is 0.180. The Morgan fingerprint density at radius 1 is 1.08 bits per heavy atom. The van der Waals surface area contributed by atoms with Gasteiger partial charge in [-0.05, 0) is 61.5 Å². The first-order chi connectivity index (χ1) is 18.0. The molecule has 0 bridgehead atoms. The second kappa shape index (κ2) is 10.8. The molecule has 37 heavy (non-hydrogen) atoms. The van der Waals surface area contributed by atoms with Crippen molar-refractivity contribution in [2.75, 3.05) is 36.1 Å². The Kier molecular flexibility index (Phi) is 7.09. The van der Waals surface area contributed by atoms with Crippen LogP contribution in [0.2, 0.25) is 0 Å². The first-order valence-electron chi connectivity index (χ1n) is 12.2. The van der Waals surface area contributed by atoms with E-state index in [0.29, 0.717) is 18.2 Å². The van der Waals surface area contributed by atoms with Gasteiger partial charge in [0.2, 0.25) is 11.9 Å². The Morgan fingerprint density at radius 2 is 1.86 bits per heavy atom. The van der Waals surface area contributed by atoms with E-state index < -0.39 is 6.17 Å². The molecule has 1 fully saturated rings. The zero-order valence-electron chi connectivity index (χ0n) is 20.6. The Balaban J connectivity index is 1.34. The highest BCUT2D eigenvalue weighted by atomic mass is 19.1. The minimum Gasteiger partial charge on any atom is -0.379 e. The van der Waals surface area contributed by atoms with Gasteiger partial charge in [0.15, 0.2) is 0 Å². The molecule has 0 radical (unpaired) electrons. The highest BCUT2D eigenvalue weighted by Crippen LogP contribution is 2.30. The predicted octanol–water partition coefficient (Wildman–Crippen LogP) is 5.62. The largest absolute Gasteiger partial charge is 0.379 e. The van der Waals surface area contributed by atoms with Gasteiger partial charge in [-0.25, -0.2) is 14.4 Å². The number of alkyl halides is 1. The summed E-state index contributed by atoms with van der Waals surface area (Å²) >= 11 is 0. The van der Waals surface area contributed by atoms with E-state index in [9.17, 15) is 9.18 Å². The van der Waals surface area contributed by atoms with Gasteiger partial charge in [-0.3, -0.25) is 4.79 Å². The van der Waals surface area contributed by atoms with Crippen molar-refractivity contribution in [1.29, 1.82) is 0 Å². The average Bonchev–Trinajstić information content (AvgIpc) is 2.91. The van der Waals surface area contributed by atoms with Crippen molar-refractivity contribution in [3.05, 3.63) is 85.6 Å². The number of nitrogens with one attached hydrogen (secondary N) is 3. The number of likely N-dealkylation sites (tertiary alicyclic amines) is 1. The second-order valence-electron chi connectivity index (χ2n) is 9.23. The van der Waals surface area contributed by atoms with Crippen LogP contribution in [-0.2, 0) is 4.79 Å². The number of rotatable bonds is 7. The maximum atomic E-state index is 14.4. The Hall–Kier alpha value is -4.30. The molecular formula is C29H29FN6O. The summed E-state index contributed by atoms with van der Waals surface area (Å²) < 4.78 is 14.4. The summed E-state index contributed by atoms with van der Waals surface area (Å²) in [5, 5.41) is 10.3. The van der Waals surface area contributed by atoms with E-state index in [1.54, 1.807) is 6.20 Å². The summed E-state index contributed by atoms with van der Waals surface area (Å²) in [5.74, 6) is 0.205. The molecule has 1 aliphatic heterocycles. The number of fused-ring (bicyclic) bond motifs is 1. The average molecular weight is 497 g/mol. The number of para-hydroxylation sites is 1. The molecule has 4 aromatic rings. The van der Waals surface area contributed by atoms with Gasteiger partial charge >= 0.3 is 0 Å². The lowest BCUT2D eigenvalue weighted by Crippen LogP contribution is -2.46. The van der Waals surface area contributed by atoms with E-state index in [4.69, 9.17) is 4.98 Å². The van der Waals surface area contributed by atoms with Crippen LogP contribution in [-0.4, -0.2) is 53.1 Å². The van der Waals surface area contributed by atoms with Crippen LogP contribution in [0.1, 0.15) is 6.42 Å². The SMILES string of the molecule is C=CC(=O)Nc1cccc(-c2cccc3cnc(Nc4ccc(N[C@H]5CCN(C)C[C@H]5F)cc4)nc23)c1. The van der Waals surface area contributed by atoms with Crippen LogP contribution in [0.25, 0.3) is 22.0 Å². The molecule has 0 aliphatic carbocycles. The third-order valence-corrected chi connectivity index (χ3v) is 6.47. The summed E-state index contributed by atoms with van der Waals surface area (Å²) in [4.78, 5) is 23.0. The first-order valence-corrected chi connectivity index (χ1v) is 12.2. The molecule has 1 amide bonds. The van der Waals surface area contributed by atoms with Crippen LogP contribution >= 0.6 is 0 Å². The van der Waals surface area contributed by atoms with Gasteiger partial charge in [-0.2, -0.15) is 0 Å². The van der Waals surface area contributed by atoms with E-state index in [2.05, 4.69) is 27.5 Å². The fourth-order valence-electron chi connectivity index (χ4n) is 4.52. The lowest BCUT2D eigenvalue weighted by atomic mass is 10.0. The van der Waals surface area contributed by atoms with Crippen molar-refractivity contribution in [2.24, 2.45) is 0 Å². The third kappa shape index (κ3) is 5.76. The summed E-state index contributed by atoms with van der Waals surface area (Å²) in [6, 6.07) is 21.1. The molecule has 2 heterocycles. The molecule has 7 nitrogen and oxygen atoms in total. The van der Waals surface area contributed by atoms with Crippen molar-refractivity contribution in [3.8, 4) is 11.1 Å². The molecule has 0 saturated carbocycles. The van der Waals surface area contributed by atoms with Crippen molar-refractivity contribution in [3.63, 3.8) is 0 Å². The number of piperidine rings is 1. The Morgan fingerprint density at radius 3 is 2.65 bits per heavy atom. The molecule has 3 aromatic carbocycles. The highest BCUT2D eigenvalue weighted by molar-refractivity contribution is 6.00. The van der Waals surface area contributed by atoms with Gasteiger partial charge in [0.05, 0.1) is 11.6 Å². The summed E-state index contributed by atoms with van der Waals surface area (Å²) in [5.41, 5.74) is 5.04. The molecule has 1 aromatic heterocycles. The van der Waals surface area contributed by atoms with E-state index >= 15 is 0 Å². The molecule has 8 heteroatoms. The molecule has 0 spiro atoms. The second-order valence-corrected chi connectivity index (χ2v) is 9.23. The minimum atomic E-state index is -0.893. The predicted molar refractivity (Wildman–Crippen MR) is 148 cm³/mol.